The third-order valence-electron chi connectivity index (χ3n) is 4.70. The Labute approximate surface area is 177 Å². The van der Waals surface area contributed by atoms with Gasteiger partial charge in [-0.1, -0.05) is 29.3 Å². The zero-order chi connectivity index (χ0) is 21.3. The highest BCUT2D eigenvalue weighted by molar-refractivity contribution is 6.31. The second-order valence-electron chi connectivity index (χ2n) is 6.78. The number of carbonyl (C=O) groups is 1. The summed E-state index contributed by atoms with van der Waals surface area (Å²) in [5, 5.41) is 3.70. The summed E-state index contributed by atoms with van der Waals surface area (Å²) < 4.78 is 8.31. The molecule has 152 valence electrons. The highest BCUT2D eigenvalue weighted by Crippen LogP contribution is 2.27. The van der Waals surface area contributed by atoms with Crippen LogP contribution in [0, 0.1) is 6.92 Å². The van der Waals surface area contributed by atoms with E-state index in [1.807, 2.05) is 31.2 Å². The van der Waals surface area contributed by atoms with Gasteiger partial charge in [0.25, 0.3) is 5.56 Å². The van der Waals surface area contributed by atoms with Gasteiger partial charge in [-0.2, -0.15) is 0 Å². The number of halogens is 1. The van der Waals surface area contributed by atoms with Crippen molar-refractivity contribution in [2.24, 2.45) is 0 Å². The van der Waals surface area contributed by atoms with E-state index in [2.05, 4.69) is 10.3 Å². The van der Waals surface area contributed by atoms with Gasteiger partial charge in [0.2, 0.25) is 5.91 Å². The maximum atomic E-state index is 13.1. The average molecular weight is 423 g/mol. The van der Waals surface area contributed by atoms with Crippen LogP contribution in [0.15, 0.2) is 65.6 Å². The Kier molecular flexibility index (Phi) is 5.29. The van der Waals surface area contributed by atoms with E-state index >= 15 is 0 Å². The number of aryl methyl sites for hydroxylation is 1. The summed E-state index contributed by atoms with van der Waals surface area (Å²) in [7, 11) is 1.51. The Morgan fingerprint density at radius 1 is 1.17 bits per heavy atom. The number of hydrogen-bond acceptors (Lipinski definition) is 4. The molecule has 0 unspecified atom stereocenters. The van der Waals surface area contributed by atoms with Crippen molar-refractivity contribution in [1.29, 1.82) is 0 Å². The van der Waals surface area contributed by atoms with Crippen LogP contribution in [0.5, 0.6) is 5.75 Å². The summed E-state index contributed by atoms with van der Waals surface area (Å²) in [5.41, 5.74) is 2.35. The first kappa shape index (κ1) is 19.7. The van der Waals surface area contributed by atoms with Crippen LogP contribution in [0.4, 0.5) is 5.69 Å². The molecule has 4 rings (SSSR count). The number of nitrogens with zero attached hydrogens (tertiary/aromatic N) is 3. The van der Waals surface area contributed by atoms with Crippen molar-refractivity contribution < 1.29 is 9.53 Å². The Morgan fingerprint density at radius 2 is 1.93 bits per heavy atom. The quantitative estimate of drug-likeness (QED) is 0.530. The summed E-state index contributed by atoms with van der Waals surface area (Å²) in [6, 6.07) is 15.9. The van der Waals surface area contributed by atoms with Gasteiger partial charge in [0.15, 0.2) is 5.65 Å². The first-order chi connectivity index (χ1) is 14.5. The van der Waals surface area contributed by atoms with E-state index < -0.39 is 0 Å². The molecule has 0 saturated heterocycles. The van der Waals surface area contributed by atoms with Crippen LogP contribution in [0.25, 0.3) is 16.7 Å². The average Bonchev–Trinajstić information content (AvgIpc) is 3.01. The third kappa shape index (κ3) is 3.67. The van der Waals surface area contributed by atoms with Crippen LogP contribution in [0.2, 0.25) is 5.02 Å². The minimum atomic E-state index is -0.348. The number of amides is 1. The fourth-order valence-corrected chi connectivity index (χ4v) is 3.45. The monoisotopic (exact) mass is 422 g/mol. The van der Waals surface area contributed by atoms with E-state index in [4.69, 9.17) is 16.3 Å². The largest absolute Gasteiger partial charge is 0.495 e. The van der Waals surface area contributed by atoms with Gasteiger partial charge in [-0.15, -0.1) is 0 Å². The minimum Gasteiger partial charge on any atom is -0.495 e. The second kappa shape index (κ2) is 8.04. The number of aromatic nitrogens is 3. The van der Waals surface area contributed by atoms with Gasteiger partial charge in [-0.25, -0.2) is 9.67 Å². The summed E-state index contributed by atoms with van der Waals surface area (Å²) in [4.78, 5) is 30.3. The van der Waals surface area contributed by atoms with Gasteiger partial charge in [0.05, 0.1) is 23.9 Å². The number of rotatable bonds is 5. The smallest absolute Gasteiger partial charge is 0.280 e. The first-order valence-corrected chi connectivity index (χ1v) is 9.62. The zero-order valence-corrected chi connectivity index (χ0v) is 17.2. The number of pyridine rings is 1. The molecule has 2 heterocycles. The third-order valence-corrected chi connectivity index (χ3v) is 4.94. The molecule has 8 heteroatoms. The van der Waals surface area contributed by atoms with Crippen LogP contribution < -0.4 is 15.6 Å². The van der Waals surface area contributed by atoms with Gasteiger partial charge in [0.1, 0.15) is 12.3 Å². The highest BCUT2D eigenvalue weighted by Gasteiger charge is 2.18. The molecule has 0 fully saturated rings. The highest BCUT2D eigenvalue weighted by atomic mass is 35.5. The Hall–Kier alpha value is -3.58. The number of nitrogens with one attached hydrogen (secondary N) is 1. The second-order valence-corrected chi connectivity index (χ2v) is 7.21. The number of carbonyl (C=O) groups excluding carboxylic acids is 1. The van der Waals surface area contributed by atoms with Crippen molar-refractivity contribution in [1.82, 2.24) is 14.3 Å². The Bertz CT molecular complexity index is 1290. The van der Waals surface area contributed by atoms with E-state index in [1.165, 1.54) is 11.8 Å². The molecule has 4 aromatic rings. The number of methoxy groups -OCH3 is 1. The van der Waals surface area contributed by atoms with Crippen LogP contribution in [0.1, 0.15) is 5.56 Å². The summed E-state index contributed by atoms with van der Waals surface area (Å²) >= 11 is 6.05. The maximum absolute atomic E-state index is 13.1. The lowest BCUT2D eigenvalue weighted by Gasteiger charge is -2.14. The van der Waals surface area contributed by atoms with Crippen LogP contribution >= 0.6 is 11.6 Å². The first-order valence-electron chi connectivity index (χ1n) is 9.25. The number of hydrogen-bond donors (Lipinski definition) is 1. The molecule has 0 spiro atoms. The van der Waals surface area contributed by atoms with E-state index in [0.717, 1.165) is 5.56 Å². The molecule has 2 aromatic heterocycles. The van der Waals surface area contributed by atoms with E-state index in [1.54, 1.807) is 41.2 Å². The predicted molar refractivity (Wildman–Crippen MR) is 117 cm³/mol. The molecular formula is C22H19ClN4O3. The van der Waals surface area contributed by atoms with E-state index in [9.17, 15) is 9.59 Å². The molecule has 1 amide bonds. The van der Waals surface area contributed by atoms with Crippen molar-refractivity contribution in [2.45, 2.75) is 13.5 Å². The number of anilines is 1. The molecule has 0 saturated carbocycles. The molecule has 0 radical (unpaired) electrons. The van der Waals surface area contributed by atoms with Crippen LogP contribution in [-0.4, -0.2) is 27.4 Å². The summed E-state index contributed by atoms with van der Waals surface area (Å²) in [5.74, 6) is 0.137. The lowest BCUT2D eigenvalue weighted by Crippen LogP contribution is -2.27. The molecule has 0 bridgehead atoms. The van der Waals surface area contributed by atoms with Gasteiger partial charge in [-0.3, -0.25) is 14.3 Å². The molecule has 7 nitrogen and oxygen atoms in total. The predicted octanol–water partition coefficient (Wildman–Crippen LogP) is 3.80. The molecule has 2 aromatic carbocycles. The molecule has 1 N–H and O–H groups in total. The van der Waals surface area contributed by atoms with Crippen molar-refractivity contribution in [3.05, 3.63) is 81.7 Å². The summed E-state index contributed by atoms with van der Waals surface area (Å²) in [6.07, 6.45) is 1.59. The number of fused-ring (bicyclic) bond motifs is 1. The van der Waals surface area contributed by atoms with Crippen molar-refractivity contribution >= 4 is 34.2 Å². The Morgan fingerprint density at radius 3 is 2.67 bits per heavy atom. The molecule has 30 heavy (non-hydrogen) atoms. The van der Waals surface area contributed by atoms with Crippen LogP contribution in [-0.2, 0) is 11.3 Å². The van der Waals surface area contributed by atoms with Crippen molar-refractivity contribution in [3.63, 3.8) is 0 Å². The lowest BCUT2D eigenvalue weighted by atomic mass is 10.2. The number of ether oxygens (including phenoxy) is 1. The normalized spacial score (nSPS) is 10.9. The molecule has 0 aliphatic carbocycles. The minimum absolute atomic E-state index is 0.126. The topological polar surface area (TPSA) is 78.2 Å². The maximum Gasteiger partial charge on any atom is 0.280 e. The SMILES string of the molecule is COc1ccc(Cl)cc1NC(=O)Cn1c2ncccc2c(=O)n1-c1ccc(C)cc1. The zero-order valence-electron chi connectivity index (χ0n) is 16.4. The van der Waals surface area contributed by atoms with Crippen LogP contribution in [0.3, 0.4) is 0 Å². The molecular weight excluding hydrogens is 404 g/mol. The molecule has 0 atom stereocenters. The summed E-state index contributed by atoms with van der Waals surface area (Å²) in [6.45, 7) is 1.84. The molecule has 0 aliphatic heterocycles. The van der Waals surface area contributed by atoms with Crippen molar-refractivity contribution in [3.8, 4) is 11.4 Å². The van der Waals surface area contributed by atoms with Gasteiger partial charge >= 0.3 is 0 Å². The van der Waals surface area contributed by atoms with Crippen molar-refractivity contribution in [2.75, 3.05) is 12.4 Å². The van der Waals surface area contributed by atoms with E-state index in [-0.39, 0.29) is 18.0 Å². The number of benzene rings is 2. The van der Waals surface area contributed by atoms with E-state index in [0.29, 0.717) is 33.2 Å². The fourth-order valence-electron chi connectivity index (χ4n) is 3.28. The molecule has 0 aliphatic rings. The van der Waals surface area contributed by atoms with Gasteiger partial charge < -0.3 is 10.1 Å². The lowest BCUT2D eigenvalue weighted by molar-refractivity contribution is -0.117. The van der Waals surface area contributed by atoms with Gasteiger partial charge in [0, 0.05) is 11.2 Å². The Balaban J connectivity index is 1.76. The standard InChI is InChI=1S/C22H19ClN4O3/c1-14-5-8-16(9-6-14)27-22(29)17-4-3-11-24-21(17)26(27)13-20(28)25-18-12-15(23)7-10-19(18)30-2/h3-12H,13H2,1-2H3,(H,25,28). The fraction of sp³-hybridized carbons (Fsp3) is 0.136. The van der Waals surface area contributed by atoms with Gasteiger partial charge in [-0.05, 0) is 49.4 Å².